The lowest BCUT2D eigenvalue weighted by Gasteiger charge is -2.15. The van der Waals surface area contributed by atoms with E-state index in [1.54, 1.807) is 6.33 Å². The Balaban J connectivity index is 2.20. The lowest BCUT2D eigenvalue weighted by atomic mass is 10.00. The number of aromatic nitrogens is 2. The van der Waals surface area contributed by atoms with Gasteiger partial charge in [0.15, 0.2) is 0 Å². The first kappa shape index (κ1) is 12.3. The van der Waals surface area contributed by atoms with Crippen LogP contribution in [-0.4, -0.2) is 23.2 Å². The molecule has 0 radical (unpaired) electrons. The normalized spacial score (nSPS) is 15.3. The second-order valence-electron chi connectivity index (χ2n) is 4.80. The molecule has 2 rings (SSSR count). The third kappa shape index (κ3) is 2.93. The molecule has 1 aromatic heterocycles. The van der Waals surface area contributed by atoms with Gasteiger partial charge in [0.2, 0.25) is 5.88 Å². The Morgan fingerprint density at radius 3 is 2.76 bits per heavy atom. The smallest absolute Gasteiger partial charge is 0.220 e. The van der Waals surface area contributed by atoms with E-state index in [-0.39, 0.29) is 6.67 Å². The number of nitrogens with zero attached hydrogens (tertiary/aromatic N) is 2. The molecule has 1 fully saturated rings. The summed E-state index contributed by atoms with van der Waals surface area (Å²) in [5.74, 6) is 1.57. The van der Waals surface area contributed by atoms with Gasteiger partial charge in [0.05, 0.1) is 19.0 Å². The van der Waals surface area contributed by atoms with E-state index in [1.165, 1.54) is 12.8 Å². The van der Waals surface area contributed by atoms with Gasteiger partial charge in [0.1, 0.15) is 6.33 Å². The molecule has 0 bridgehead atoms. The van der Waals surface area contributed by atoms with Crippen molar-refractivity contribution in [2.45, 2.75) is 44.9 Å². The molecular weight excluding hydrogens is 219 g/mol. The van der Waals surface area contributed by atoms with E-state index in [0.29, 0.717) is 30.7 Å². The quantitative estimate of drug-likeness (QED) is 0.714. The number of ether oxygens (including phenoxy) is 1. The molecule has 0 amide bonds. The van der Waals surface area contributed by atoms with Crippen LogP contribution >= 0.6 is 0 Å². The highest BCUT2D eigenvalue weighted by molar-refractivity contribution is 5.36. The van der Waals surface area contributed by atoms with Crippen molar-refractivity contribution in [2.24, 2.45) is 0 Å². The van der Waals surface area contributed by atoms with E-state index < -0.39 is 0 Å². The maximum atomic E-state index is 12.1. The van der Waals surface area contributed by atoms with Gasteiger partial charge in [-0.1, -0.05) is 13.8 Å². The molecule has 0 N–H and O–H groups in total. The molecule has 1 aliphatic carbocycles. The fourth-order valence-corrected chi connectivity index (χ4v) is 1.96. The largest absolute Gasteiger partial charge is 0.477 e. The number of halogens is 1. The van der Waals surface area contributed by atoms with Gasteiger partial charge in [-0.3, -0.25) is 4.39 Å². The van der Waals surface area contributed by atoms with Crippen molar-refractivity contribution in [2.75, 3.05) is 13.3 Å². The molecular formula is C13H19FN2O. The molecule has 17 heavy (non-hydrogen) atoms. The van der Waals surface area contributed by atoms with Crippen LogP contribution in [0.4, 0.5) is 4.39 Å². The van der Waals surface area contributed by atoms with Crippen LogP contribution in [0.2, 0.25) is 0 Å². The highest BCUT2D eigenvalue weighted by atomic mass is 19.1. The summed E-state index contributed by atoms with van der Waals surface area (Å²) in [5.41, 5.74) is 2.24. The third-order valence-corrected chi connectivity index (χ3v) is 2.94. The predicted molar refractivity (Wildman–Crippen MR) is 64.2 cm³/mol. The van der Waals surface area contributed by atoms with Crippen molar-refractivity contribution in [3.05, 3.63) is 17.6 Å². The lowest BCUT2D eigenvalue weighted by Crippen LogP contribution is -2.08. The molecule has 1 saturated carbocycles. The molecule has 1 aliphatic rings. The molecule has 1 aromatic rings. The molecule has 3 nitrogen and oxygen atoms in total. The SMILES string of the molecule is CC(C)c1c(OCCCF)ncnc1C1CC1. The zero-order valence-electron chi connectivity index (χ0n) is 10.4. The Morgan fingerprint density at radius 1 is 1.41 bits per heavy atom. The molecule has 0 aliphatic heterocycles. The van der Waals surface area contributed by atoms with Crippen LogP contribution in [0.15, 0.2) is 6.33 Å². The van der Waals surface area contributed by atoms with Crippen LogP contribution in [-0.2, 0) is 0 Å². The zero-order chi connectivity index (χ0) is 12.3. The van der Waals surface area contributed by atoms with Gasteiger partial charge in [0, 0.05) is 17.9 Å². The Kier molecular flexibility index (Phi) is 3.92. The van der Waals surface area contributed by atoms with Gasteiger partial charge in [-0.15, -0.1) is 0 Å². The fraction of sp³-hybridized carbons (Fsp3) is 0.692. The van der Waals surface area contributed by atoms with Gasteiger partial charge in [-0.25, -0.2) is 9.97 Å². The summed E-state index contributed by atoms with van der Waals surface area (Å²) in [6.07, 6.45) is 4.39. The van der Waals surface area contributed by atoms with Crippen LogP contribution < -0.4 is 4.74 Å². The summed E-state index contributed by atoms with van der Waals surface area (Å²) in [5, 5.41) is 0. The topological polar surface area (TPSA) is 35.0 Å². The Morgan fingerprint density at radius 2 is 2.18 bits per heavy atom. The summed E-state index contributed by atoms with van der Waals surface area (Å²) in [6.45, 7) is 4.27. The molecule has 0 aromatic carbocycles. The number of hydrogen-bond donors (Lipinski definition) is 0. The van der Waals surface area contributed by atoms with Crippen molar-refractivity contribution in [3.63, 3.8) is 0 Å². The summed E-state index contributed by atoms with van der Waals surface area (Å²) < 4.78 is 17.6. The van der Waals surface area contributed by atoms with Crippen molar-refractivity contribution in [1.29, 1.82) is 0 Å². The van der Waals surface area contributed by atoms with Crippen molar-refractivity contribution in [3.8, 4) is 5.88 Å². The van der Waals surface area contributed by atoms with Crippen LogP contribution in [0, 0.1) is 0 Å². The molecule has 0 saturated heterocycles. The molecule has 0 spiro atoms. The second-order valence-corrected chi connectivity index (χ2v) is 4.80. The van der Waals surface area contributed by atoms with E-state index in [2.05, 4.69) is 23.8 Å². The first-order valence-electron chi connectivity index (χ1n) is 6.27. The number of alkyl halides is 1. The highest BCUT2D eigenvalue weighted by Crippen LogP contribution is 2.43. The average molecular weight is 238 g/mol. The van der Waals surface area contributed by atoms with Gasteiger partial charge < -0.3 is 4.74 Å². The van der Waals surface area contributed by atoms with Crippen LogP contribution in [0.25, 0.3) is 0 Å². The maximum Gasteiger partial charge on any atom is 0.220 e. The van der Waals surface area contributed by atoms with E-state index in [4.69, 9.17) is 4.74 Å². The second kappa shape index (κ2) is 5.43. The number of rotatable bonds is 6. The van der Waals surface area contributed by atoms with E-state index in [9.17, 15) is 4.39 Å². The minimum Gasteiger partial charge on any atom is -0.477 e. The fourth-order valence-electron chi connectivity index (χ4n) is 1.96. The van der Waals surface area contributed by atoms with Gasteiger partial charge in [-0.2, -0.15) is 0 Å². The number of hydrogen-bond acceptors (Lipinski definition) is 3. The van der Waals surface area contributed by atoms with Crippen molar-refractivity contribution < 1.29 is 9.13 Å². The van der Waals surface area contributed by atoms with Gasteiger partial charge in [0.25, 0.3) is 0 Å². The molecule has 0 atom stereocenters. The standard InChI is InChI=1S/C13H19FN2O/c1-9(2)11-12(10-4-5-10)15-8-16-13(11)17-7-3-6-14/h8-10H,3-7H2,1-2H3. The van der Waals surface area contributed by atoms with Crippen LogP contribution in [0.5, 0.6) is 5.88 Å². The Labute approximate surface area is 101 Å². The minimum absolute atomic E-state index is 0.340. The molecule has 1 heterocycles. The van der Waals surface area contributed by atoms with Gasteiger partial charge >= 0.3 is 0 Å². The summed E-state index contributed by atoms with van der Waals surface area (Å²) in [7, 11) is 0. The third-order valence-electron chi connectivity index (χ3n) is 2.94. The summed E-state index contributed by atoms with van der Waals surface area (Å²) >= 11 is 0. The van der Waals surface area contributed by atoms with Crippen LogP contribution in [0.1, 0.15) is 56.2 Å². The first-order valence-corrected chi connectivity index (χ1v) is 6.27. The van der Waals surface area contributed by atoms with Crippen molar-refractivity contribution >= 4 is 0 Å². The van der Waals surface area contributed by atoms with E-state index in [1.807, 2.05) is 0 Å². The highest BCUT2D eigenvalue weighted by Gasteiger charge is 2.30. The average Bonchev–Trinajstić information content (AvgIpc) is 3.12. The molecule has 0 unspecified atom stereocenters. The molecule has 94 valence electrons. The van der Waals surface area contributed by atoms with Crippen LogP contribution in [0.3, 0.4) is 0 Å². The monoisotopic (exact) mass is 238 g/mol. The Bertz CT molecular complexity index is 378. The Hall–Kier alpha value is -1.19. The van der Waals surface area contributed by atoms with E-state index >= 15 is 0 Å². The van der Waals surface area contributed by atoms with Gasteiger partial charge in [-0.05, 0) is 18.8 Å². The zero-order valence-corrected chi connectivity index (χ0v) is 10.4. The maximum absolute atomic E-state index is 12.1. The summed E-state index contributed by atoms with van der Waals surface area (Å²) in [6, 6.07) is 0. The van der Waals surface area contributed by atoms with E-state index in [0.717, 1.165) is 11.3 Å². The minimum atomic E-state index is -0.350. The lowest BCUT2D eigenvalue weighted by molar-refractivity contribution is 0.275. The summed E-state index contributed by atoms with van der Waals surface area (Å²) in [4.78, 5) is 8.57. The molecule has 4 heteroatoms. The van der Waals surface area contributed by atoms with Crippen molar-refractivity contribution in [1.82, 2.24) is 9.97 Å². The predicted octanol–water partition coefficient (Wildman–Crippen LogP) is 3.22. The first-order chi connectivity index (χ1) is 8.24.